The van der Waals surface area contributed by atoms with Gasteiger partial charge in [0.15, 0.2) is 0 Å². The molecule has 0 radical (unpaired) electrons. The third-order valence-corrected chi connectivity index (χ3v) is 5.14. The van der Waals surface area contributed by atoms with Gasteiger partial charge < -0.3 is 9.88 Å². The van der Waals surface area contributed by atoms with E-state index >= 15 is 0 Å². The normalized spacial score (nSPS) is 23.6. The Balaban J connectivity index is 1.57. The summed E-state index contributed by atoms with van der Waals surface area (Å²) in [5, 5.41) is 0. The van der Waals surface area contributed by atoms with E-state index in [9.17, 15) is 4.79 Å². The number of hydrogen-bond donors (Lipinski definition) is 1. The van der Waals surface area contributed by atoms with Gasteiger partial charge in [-0.25, -0.2) is 0 Å². The van der Waals surface area contributed by atoms with Gasteiger partial charge in [-0.05, 0) is 56.3 Å². The van der Waals surface area contributed by atoms with Crippen molar-refractivity contribution in [1.82, 2.24) is 9.88 Å². The van der Waals surface area contributed by atoms with E-state index in [1.165, 1.54) is 70.0 Å². The monoisotopic (exact) mass is 274 g/mol. The molecule has 1 saturated heterocycles. The van der Waals surface area contributed by atoms with Gasteiger partial charge >= 0.3 is 0 Å². The standard InChI is InChI=1S/C17H26N2O/c20-17-13-15(7-10-18-17)14-8-11-19(12-9-14)16-5-3-1-2-4-6-16/h7,10,13-14,16H,1-6,8-9,11-12H2,(H,18,20). The second-order valence-electron chi connectivity index (χ2n) is 6.44. The molecule has 2 aliphatic rings. The summed E-state index contributed by atoms with van der Waals surface area (Å²) in [6.07, 6.45) is 12.7. The summed E-state index contributed by atoms with van der Waals surface area (Å²) in [5.74, 6) is 0.583. The number of likely N-dealkylation sites (tertiary alicyclic amines) is 1. The highest BCUT2D eigenvalue weighted by atomic mass is 16.1. The average Bonchev–Trinajstić information content (AvgIpc) is 2.76. The fourth-order valence-electron chi connectivity index (χ4n) is 3.94. The number of piperidine rings is 1. The minimum Gasteiger partial charge on any atom is -0.329 e. The molecule has 3 heteroatoms. The van der Waals surface area contributed by atoms with E-state index in [0.717, 1.165) is 6.04 Å². The molecular formula is C17H26N2O. The molecule has 1 aliphatic heterocycles. The first-order valence-corrected chi connectivity index (χ1v) is 8.25. The van der Waals surface area contributed by atoms with Crippen molar-refractivity contribution in [1.29, 1.82) is 0 Å². The van der Waals surface area contributed by atoms with E-state index in [1.807, 2.05) is 0 Å². The number of aromatic amines is 1. The minimum atomic E-state index is 0.0358. The molecule has 3 rings (SSSR count). The number of nitrogens with one attached hydrogen (secondary N) is 1. The zero-order valence-electron chi connectivity index (χ0n) is 12.3. The largest absolute Gasteiger partial charge is 0.329 e. The van der Waals surface area contributed by atoms with Crippen molar-refractivity contribution in [3.05, 3.63) is 34.2 Å². The fourth-order valence-corrected chi connectivity index (χ4v) is 3.94. The van der Waals surface area contributed by atoms with Crippen LogP contribution in [0.1, 0.15) is 62.8 Å². The number of hydrogen-bond acceptors (Lipinski definition) is 2. The molecule has 2 fully saturated rings. The molecule has 0 bridgehead atoms. The molecule has 1 aromatic heterocycles. The van der Waals surface area contributed by atoms with E-state index in [2.05, 4.69) is 16.0 Å². The van der Waals surface area contributed by atoms with Crippen LogP contribution in [0.25, 0.3) is 0 Å². The molecule has 1 aromatic rings. The summed E-state index contributed by atoms with van der Waals surface area (Å²) in [6, 6.07) is 4.69. The van der Waals surface area contributed by atoms with Gasteiger partial charge in [0.1, 0.15) is 0 Å². The molecule has 20 heavy (non-hydrogen) atoms. The zero-order valence-corrected chi connectivity index (χ0v) is 12.3. The minimum absolute atomic E-state index is 0.0358. The Morgan fingerprint density at radius 1 is 1.00 bits per heavy atom. The zero-order chi connectivity index (χ0) is 13.8. The molecule has 1 N–H and O–H groups in total. The Labute approximate surface area is 121 Å². The molecule has 0 spiro atoms. The topological polar surface area (TPSA) is 36.1 Å². The van der Waals surface area contributed by atoms with Crippen LogP contribution in [0, 0.1) is 0 Å². The van der Waals surface area contributed by atoms with Crippen LogP contribution in [0.2, 0.25) is 0 Å². The molecule has 3 nitrogen and oxygen atoms in total. The Kier molecular flexibility index (Phi) is 4.56. The van der Waals surface area contributed by atoms with Crippen LogP contribution in [0.4, 0.5) is 0 Å². The van der Waals surface area contributed by atoms with E-state index in [1.54, 1.807) is 12.3 Å². The van der Waals surface area contributed by atoms with Crippen molar-refractivity contribution in [3.63, 3.8) is 0 Å². The van der Waals surface area contributed by atoms with Crippen molar-refractivity contribution in [2.45, 2.75) is 63.3 Å². The lowest BCUT2D eigenvalue weighted by molar-refractivity contribution is 0.139. The van der Waals surface area contributed by atoms with Crippen LogP contribution in [0.3, 0.4) is 0 Å². The van der Waals surface area contributed by atoms with Crippen molar-refractivity contribution < 1.29 is 0 Å². The molecule has 0 aromatic carbocycles. The predicted octanol–water partition coefficient (Wildman–Crippen LogP) is 3.28. The summed E-state index contributed by atoms with van der Waals surface area (Å²) in [5.41, 5.74) is 1.27. The first kappa shape index (κ1) is 13.9. The van der Waals surface area contributed by atoms with E-state index in [4.69, 9.17) is 0 Å². The summed E-state index contributed by atoms with van der Waals surface area (Å²) >= 11 is 0. The van der Waals surface area contributed by atoms with Crippen LogP contribution in [0.5, 0.6) is 0 Å². The summed E-state index contributed by atoms with van der Waals surface area (Å²) < 4.78 is 0. The number of nitrogens with zero attached hydrogens (tertiary/aromatic N) is 1. The Morgan fingerprint density at radius 3 is 2.35 bits per heavy atom. The Morgan fingerprint density at radius 2 is 1.70 bits per heavy atom. The molecule has 2 heterocycles. The van der Waals surface area contributed by atoms with Crippen LogP contribution in [0.15, 0.2) is 23.1 Å². The first-order chi connectivity index (χ1) is 9.83. The van der Waals surface area contributed by atoms with E-state index in [-0.39, 0.29) is 5.56 Å². The maximum absolute atomic E-state index is 11.4. The quantitative estimate of drug-likeness (QED) is 0.840. The highest BCUT2D eigenvalue weighted by molar-refractivity contribution is 5.16. The molecule has 1 saturated carbocycles. The van der Waals surface area contributed by atoms with Gasteiger partial charge in [0, 0.05) is 18.3 Å². The summed E-state index contributed by atoms with van der Waals surface area (Å²) in [7, 11) is 0. The SMILES string of the molecule is O=c1cc(C2CCN(C3CCCCCC3)CC2)cc[nH]1. The third kappa shape index (κ3) is 3.32. The van der Waals surface area contributed by atoms with Crippen LogP contribution >= 0.6 is 0 Å². The molecule has 0 amide bonds. The summed E-state index contributed by atoms with van der Waals surface area (Å²) in [6.45, 7) is 2.42. The van der Waals surface area contributed by atoms with Crippen LogP contribution in [-0.4, -0.2) is 29.0 Å². The number of rotatable bonds is 2. The van der Waals surface area contributed by atoms with E-state index < -0.39 is 0 Å². The smallest absolute Gasteiger partial charge is 0.248 e. The van der Waals surface area contributed by atoms with Crippen molar-refractivity contribution in [3.8, 4) is 0 Å². The highest BCUT2D eigenvalue weighted by Gasteiger charge is 2.26. The second kappa shape index (κ2) is 6.57. The Hall–Kier alpha value is -1.09. The molecule has 0 atom stereocenters. The van der Waals surface area contributed by atoms with Gasteiger partial charge in [-0.2, -0.15) is 0 Å². The maximum Gasteiger partial charge on any atom is 0.248 e. The lowest BCUT2D eigenvalue weighted by atomic mass is 9.89. The van der Waals surface area contributed by atoms with Crippen molar-refractivity contribution >= 4 is 0 Å². The summed E-state index contributed by atoms with van der Waals surface area (Å²) in [4.78, 5) is 16.8. The molecule has 0 unspecified atom stereocenters. The lowest BCUT2D eigenvalue weighted by Crippen LogP contribution is -2.40. The van der Waals surface area contributed by atoms with Crippen LogP contribution < -0.4 is 5.56 Å². The Bertz CT molecular complexity index is 466. The van der Waals surface area contributed by atoms with Gasteiger partial charge in [-0.1, -0.05) is 25.7 Å². The van der Waals surface area contributed by atoms with Gasteiger partial charge in [-0.3, -0.25) is 4.79 Å². The van der Waals surface area contributed by atoms with Gasteiger partial charge in [0.05, 0.1) is 0 Å². The predicted molar refractivity (Wildman–Crippen MR) is 82.1 cm³/mol. The first-order valence-electron chi connectivity index (χ1n) is 8.25. The van der Waals surface area contributed by atoms with Crippen molar-refractivity contribution in [2.75, 3.05) is 13.1 Å². The van der Waals surface area contributed by atoms with Gasteiger partial charge in [-0.15, -0.1) is 0 Å². The lowest BCUT2D eigenvalue weighted by Gasteiger charge is -2.37. The molecule has 1 aliphatic carbocycles. The third-order valence-electron chi connectivity index (χ3n) is 5.14. The van der Waals surface area contributed by atoms with Crippen molar-refractivity contribution in [2.24, 2.45) is 0 Å². The van der Waals surface area contributed by atoms with E-state index in [0.29, 0.717) is 5.92 Å². The number of aromatic nitrogens is 1. The second-order valence-corrected chi connectivity index (χ2v) is 6.44. The maximum atomic E-state index is 11.4. The number of H-pyrrole nitrogens is 1. The highest BCUT2D eigenvalue weighted by Crippen LogP contribution is 2.30. The number of pyridine rings is 1. The van der Waals surface area contributed by atoms with Gasteiger partial charge in [0.2, 0.25) is 5.56 Å². The molecular weight excluding hydrogens is 248 g/mol. The average molecular weight is 274 g/mol. The van der Waals surface area contributed by atoms with Crippen LogP contribution in [-0.2, 0) is 0 Å². The molecule has 110 valence electrons. The van der Waals surface area contributed by atoms with Gasteiger partial charge in [0.25, 0.3) is 0 Å². The fraction of sp³-hybridized carbons (Fsp3) is 0.706.